The summed E-state index contributed by atoms with van der Waals surface area (Å²) in [5, 5.41) is 10.7. The second-order valence-electron chi connectivity index (χ2n) is 5.89. The van der Waals surface area contributed by atoms with Crippen LogP contribution in [-0.2, 0) is 0 Å². The average Bonchev–Trinajstić information content (AvgIpc) is 2.27. The van der Waals surface area contributed by atoms with Gasteiger partial charge in [0.15, 0.2) is 0 Å². The maximum absolute atomic E-state index is 9.94. The first-order valence-corrected chi connectivity index (χ1v) is 6.81. The van der Waals surface area contributed by atoms with Gasteiger partial charge in [0.25, 0.3) is 0 Å². The zero-order valence-electron chi connectivity index (χ0n) is 11.7. The van der Waals surface area contributed by atoms with Crippen LogP contribution in [0.4, 0.5) is 0 Å². The highest BCUT2D eigenvalue weighted by atomic mass is 35.5. The Balaban J connectivity index is 2.67. The smallest absolute Gasteiger partial charge is 0.0571 e. The molecular weight excluding hydrogens is 244 g/mol. The third-order valence-electron chi connectivity index (χ3n) is 3.10. The maximum Gasteiger partial charge on any atom is 0.0571 e. The lowest BCUT2D eigenvalue weighted by Crippen LogP contribution is -2.23. The summed E-state index contributed by atoms with van der Waals surface area (Å²) in [7, 11) is 0. The van der Waals surface area contributed by atoms with Gasteiger partial charge in [0.2, 0.25) is 0 Å². The van der Waals surface area contributed by atoms with Crippen LogP contribution in [0.2, 0.25) is 5.02 Å². The molecule has 0 spiro atoms. The van der Waals surface area contributed by atoms with Crippen LogP contribution in [0.15, 0.2) is 30.3 Å². The summed E-state index contributed by atoms with van der Waals surface area (Å²) in [4.78, 5) is 0. The Kier molecular flexibility index (Phi) is 5.43. The Labute approximate surface area is 115 Å². The van der Waals surface area contributed by atoms with Crippen molar-refractivity contribution in [1.29, 1.82) is 0 Å². The van der Waals surface area contributed by atoms with Crippen molar-refractivity contribution in [3.05, 3.63) is 40.9 Å². The van der Waals surface area contributed by atoms with E-state index in [1.54, 1.807) is 0 Å². The van der Waals surface area contributed by atoms with Gasteiger partial charge in [-0.1, -0.05) is 63.6 Å². The quantitative estimate of drug-likeness (QED) is 0.813. The molecule has 0 aromatic heterocycles. The highest BCUT2D eigenvalue weighted by Gasteiger charge is 2.21. The van der Waals surface area contributed by atoms with E-state index >= 15 is 0 Å². The summed E-state index contributed by atoms with van der Waals surface area (Å²) in [6.45, 7) is 8.38. The van der Waals surface area contributed by atoms with Crippen molar-refractivity contribution in [2.45, 2.75) is 40.2 Å². The number of aliphatic hydroxyl groups excluding tert-OH is 1. The standard InChI is InChI=1S/C16H23ClO/c1-12(2)15(18)11-16(3,4)10-9-13-5-7-14(17)8-6-13/h5-10,12,15,18H,11H2,1-4H3/b10-9+. The SMILES string of the molecule is CC(C)C(O)CC(C)(C)/C=C/c1ccc(Cl)cc1. The molecule has 0 radical (unpaired) electrons. The topological polar surface area (TPSA) is 20.2 Å². The summed E-state index contributed by atoms with van der Waals surface area (Å²) in [6.07, 6.45) is 4.76. The predicted molar refractivity (Wildman–Crippen MR) is 79.7 cm³/mol. The summed E-state index contributed by atoms with van der Waals surface area (Å²) in [5.74, 6) is 0.299. The van der Waals surface area contributed by atoms with E-state index in [1.807, 2.05) is 38.1 Å². The van der Waals surface area contributed by atoms with Gasteiger partial charge >= 0.3 is 0 Å². The fraction of sp³-hybridized carbons (Fsp3) is 0.500. The van der Waals surface area contributed by atoms with E-state index in [4.69, 9.17) is 11.6 Å². The molecule has 1 nitrogen and oxygen atoms in total. The molecule has 1 unspecified atom stereocenters. The molecule has 0 fully saturated rings. The Morgan fingerprint density at radius 3 is 2.28 bits per heavy atom. The van der Waals surface area contributed by atoms with E-state index in [0.29, 0.717) is 5.92 Å². The van der Waals surface area contributed by atoms with Gasteiger partial charge in [0, 0.05) is 5.02 Å². The number of halogens is 1. The molecule has 18 heavy (non-hydrogen) atoms. The third-order valence-corrected chi connectivity index (χ3v) is 3.35. The van der Waals surface area contributed by atoms with Crippen molar-refractivity contribution in [3.63, 3.8) is 0 Å². The van der Waals surface area contributed by atoms with E-state index < -0.39 is 0 Å². The Bertz CT molecular complexity index is 390. The first kappa shape index (κ1) is 15.3. The Morgan fingerprint density at radius 1 is 1.22 bits per heavy atom. The molecule has 0 aliphatic heterocycles. The lowest BCUT2D eigenvalue weighted by Gasteiger charge is -2.26. The van der Waals surface area contributed by atoms with Crippen molar-refractivity contribution < 1.29 is 5.11 Å². The number of hydrogen-bond donors (Lipinski definition) is 1. The number of benzene rings is 1. The normalized spacial score (nSPS) is 14.4. The van der Waals surface area contributed by atoms with Gasteiger partial charge in [-0.3, -0.25) is 0 Å². The number of hydrogen-bond acceptors (Lipinski definition) is 1. The minimum Gasteiger partial charge on any atom is -0.393 e. The number of allylic oxidation sites excluding steroid dienone is 1. The van der Waals surface area contributed by atoms with Crippen molar-refractivity contribution in [1.82, 2.24) is 0 Å². The molecule has 1 N–H and O–H groups in total. The summed E-state index contributed by atoms with van der Waals surface area (Å²) in [5.41, 5.74) is 1.12. The van der Waals surface area contributed by atoms with Gasteiger partial charge in [-0.05, 0) is 35.4 Å². The molecule has 100 valence electrons. The summed E-state index contributed by atoms with van der Waals surface area (Å²) in [6, 6.07) is 7.76. The first-order valence-electron chi connectivity index (χ1n) is 6.43. The van der Waals surface area contributed by atoms with Crippen LogP contribution < -0.4 is 0 Å². The van der Waals surface area contributed by atoms with Gasteiger partial charge in [-0.25, -0.2) is 0 Å². The van der Waals surface area contributed by atoms with E-state index in [9.17, 15) is 5.11 Å². The molecule has 0 bridgehead atoms. The molecule has 2 heteroatoms. The van der Waals surface area contributed by atoms with E-state index in [-0.39, 0.29) is 11.5 Å². The molecule has 0 aliphatic rings. The van der Waals surface area contributed by atoms with E-state index in [0.717, 1.165) is 17.0 Å². The van der Waals surface area contributed by atoms with Gasteiger partial charge in [0.1, 0.15) is 0 Å². The molecule has 1 rings (SSSR count). The number of rotatable bonds is 5. The Morgan fingerprint density at radius 2 is 1.78 bits per heavy atom. The lowest BCUT2D eigenvalue weighted by atomic mass is 9.83. The molecule has 0 heterocycles. The van der Waals surface area contributed by atoms with Crippen LogP contribution in [0.1, 0.15) is 39.7 Å². The second kappa shape index (κ2) is 6.40. The largest absolute Gasteiger partial charge is 0.393 e. The lowest BCUT2D eigenvalue weighted by molar-refractivity contribution is 0.0881. The first-order chi connectivity index (χ1) is 8.30. The van der Waals surface area contributed by atoms with Crippen LogP contribution in [0, 0.1) is 11.3 Å². The molecule has 0 saturated carbocycles. The van der Waals surface area contributed by atoms with Crippen LogP contribution in [0.5, 0.6) is 0 Å². The van der Waals surface area contributed by atoms with Crippen LogP contribution in [-0.4, -0.2) is 11.2 Å². The molecule has 1 aromatic carbocycles. The molecule has 0 amide bonds. The van der Waals surface area contributed by atoms with Crippen molar-refractivity contribution in [2.75, 3.05) is 0 Å². The Hall–Kier alpha value is -0.790. The van der Waals surface area contributed by atoms with Gasteiger partial charge in [-0.15, -0.1) is 0 Å². The zero-order valence-corrected chi connectivity index (χ0v) is 12.4. The van der Waals surface area contributed by atoms with Crippen LogP contribution in [0.25, 0.3) is 6.08 Å². The van der Waals surface area contributed by atoms with Gasteiger partial charge < -0.3 is 5.11 Å². The third kappa shape index (κ3) is 5.24. The molecule has 0 saturated heterocycles. The van der Waals surface area contributed by atoms with Crippen molar-refractivity contribution in [3.8, 4) is 0 Å². The summed E-state index contributed by atoms with van der Waals surface area (Å²) < 4.78 is 0. The minimum atomic E-state index is -0.255. The molecule has 1 aromatic rings. The monoisotopic (exact) mass is 266 g/mol. The fourth-order valence-corrected chi connectivity index (χ4v) is 1.86. The predicted octanol–water partition coefficient (Wildman–Crippen LogP) is 4.79. The number of aliphatic hydroxyl groups is 1. The highest BCUT2D eigenvalue weighted by Crippen LogP contribution is 2.27. The minimum absolute atomic E-state index is 0.0106. The second-order valence-corrected chi connectivity index (χ2v) is 6.33. The van der Waals surface area contributed by atoms with Crippen LogP contribution >= 0.6 is 11.6 Å². The average molecular weight is 267 g/mol. The van der Waals surface area contributed by atoms with Crippen molar-refractivity contribution in [2.24, 2.45) is 11.3 Å². The van der Waals surface area contributed by atoms with E-state index in [2.05, 4.69) is 26.0 Å². The fourth-order valence-electron chi connectivity index (χ4n) is 1.74. The van der Waals surface area contributed by atoms with Gasteiger partial charge in [0.05, 0.1) is 6.10 Å². The summed E-state index contributed by atoms with van der Waals surface area (Å²) >= 11 is 5.85. The molecule has 1 atom stereocenters. The van der Waals surface area contributed by atoms with Crippen molar-refractivity contribution >= 4 is 17.7 Å². The molecule has 0 aliphatic carbocycles. The zero-order chi connectivity index (χ0) is 13.8. The van der Waals surface area contributed by atoms with E-state index in [1.165, 1.54) is 0 Å². The highest BCUT2D eigenvalue weighted by molar-refractivity contribution is 6.30. The molecular formula is C16H23ClO. The maximum atomic E-state index is 9.94. The van der Waals surface area contributed by atoms with Gasteiger partial charge in [-0.2, -0.15) is 0 Å². The van der Waals surface area contributed by atoms with Crippen LogP contribution in [0.3, 0.4) is 0 Å².